The van der Waals surface area contributed by atoms with Gasteiger partial charge in [-0.3, -0.25) is 14.5 Å². The topological polar surface area (TPSA) is 107 Å². The molecule has 138 valence electrons. The summed E-state index contributed by atoms with van der Waals surface area (Å²) in [5, 5.41) is 3.05. The van der Waals surface area contributed by atoms with E-state index in [0.29, 0.717) is 23.9 Å². The summed E-state index contributed by atoms with van der Waals surface area (Å²) in [4.78, 5) is 30.0. The molecular weight excluding hydrogens is 324 g/mol. The molecule has 0 aliphatic carbocycles. The van der Waals surface area contributed by atoms with E-state index in [4.69, 9.17) is 15.2 Å². The zero-order chi connectivity index (χ0) is 18.6. The molecule has 0 aromatic carbocycles. The molecule has 8 heteroatoms. The molecule has 0 spiro atoms. The van der Waals surface area contributed by atoms with Gasteiger partial charge in [-0.1, -0.05) is 13.8 Å². The van der Waals surface area contributed by atoms with Crippen molar-refractivity contribution in [1.29, 1.82) is 0 Å². The number of ether oxygens (including phenoxy) is 2. The van der Waals surface area contributed by atoms with Gasteiger partial charge in [-0.25, -0.2) is 0 Å². The molecule has 2 atom stereocenters. The molecule has 1 aliphatic heterocycles. The molecule has 1 aromatic heterocycles. The van der Waals surface area contributed by atoms with Crippen LogP contribution < -0.4 is 20.5 Å². The molecular formula is C17H26N4O4. The average Bonchev–Trinajstić information content (AvgIpc) is 2.95. The minimum Gasteiger partial charge on any atom is -0.481 e. The van der Waals surface area contributed by atoms with Gasteiger partial charge in [0.05, 0.1) is 20.8 Å². The quantitative estimate of drug-likeness (QED) is 0.731. The second-order valence-electron chi connectivity index (χ2n) is 6.56. The van der Waals surface area contributed by atoms with E-state index in [1.807, 2.05) is 4.90 Å². The Bertz CT molecular complexity index is 635. The highest BCUT2D eigenvalue weighted by Crippen LogP contribution is 2.26. The number of nitrogens with two attached hydrogens (primary N) is 1. The summed E-state index contributed by atoms with van der Waals surface area (Å²) in [6.45, 7) is 5.72. The third-order valence-electron chi connectivity index (χ3n) is 4.47. The minimum absolute atomic E-state index is 0.0707. The number of amides is 2. The molecule has 0 radical (unpaired) electrons. The number of carbonyl (C=O) groups excluding carboxylic acids is 2. The summed E-state index contributed by atoms with van der Waals surface area (Å²) in [6, 6.07) is 3.17. The van der Waals surface area contributed by atoms with E-state index < -0.39 is 0 Å². The molecule has 2 heterocycles. The molecule has 0 bridgehead atoms. The molecule has 8 nitrogen and oxygen atoms in total. The van der Waals surface area contributed by atoms with E-state index >= 15 is 0 Å². The number of carbonyl (C=O) groups is 2. The zero-order valence-electron chi connectivity index (χ0n) is 15.1. The van der Waals surface area contributed by atoms with Crippen molar-refractivity contribution in [2.24, 2.45) is 17.6 Å². The van der Waals surface area contributed by atoms with Crippen LogP contribution >= 0.6 is 0 Å². The largest absolute Gasteiger partial charge is 0.481 e. The first-order valence-electron chi connectivity index (χ1n) is 8.26. The summed E-state index contributed by atoms with van der Waals surface area (Å²) in [5.74, 6) is 0.561. The van der Waals surface area contributed by atoms with Crippen molar-refractivity contribution in [3.8, 4) is 11.8 Å². The van der Waals surface area contributed by atoms with Crippen LogP contribution in [0.4, 0.5) is 0 Å². The zero-order valence-corrected chi connectivity index (χ0v) is 15.1. The Balaban J connectivity index is 2.14. The number of methoxy groups -OCH3 is 2. The fraction of sp³-hybridized carbons (Fsp3) is 0.588. The molecule has 1 saturated heterocycles. The maximum absolute atomic E-state index is 12.7. The lowest BCUT2D eigenvalue weighted by molar-refractivity contribution is -0.118. The lowest BCUT2D eigenvalue weighted by atomic mass is 9.91. The Morgan fingerprint density at radius 2 is 2.04 bits per heavy atom. The van der Waals surface area contributed by atoms with E-state index in [2.05, 4.69) is 24.1 Å². The number of aromatic nitrogens is 1. The van der Waals surface area contributed by atoms with E-state index in [0.717, 1.165) is 6.54 Å². The van der Waals surface area contributed by atoms with Crippen LogP contribution in [0, 0.1) is 11.8 Å². The first-order chi connectivity index (χ1) is 11.8. The number of hydrogen-bond acceptors (Lipinski definition) is 6. The van der Waals surface area contributed by atoms with Gasteiger partial charge >= 0.3 is 0 Å². The lowest BCUT2D eigenvalue weighted by Crippen LogP contribution is -2.42. The maximum atomic E-state index is 12.7. The van der Waals surface area contributed by atoms with Gasteiger partial charge in [0.1, 0.15) is 5.56 Å². The fourth-order valence-electron chi connectivity index (χ4n) is 3.20. The van der Waals surface area contributed by atoms with Crippen LogP contribution in [0.3, 0.4) is 0 Å². The van der Waals surface area contributed by atoms with Crippen molar-refractivity contribution in [2.75, 3.05) is 33.9 Å². The molecule has 2 amide bonds. The molecule has 0 saturated carbocycles. The second-order valence-corrected chi connectivity index (χ2v) is 6.56. The van der Waals surface area contributed by atoms with Crippen LogP contribution in [0.1, 0.15) is 24.2 Å². The summed E-state index contributed by atoms with van der Waals surface area (Å²) >= 11 is 0. The summed E-state index contributed by atoms with van der Waals surface area (Å²) in [6.07, 6.45) is 0. The van der Waals surface area contributed by atoms with Gasteiger partial charge in [-0.2, -0.15) is 4.98 Å². The molecule has 1 aliphatic rings. The van der Waals surface area contributed by atoms with Crippen LogP contribution in [-0.4, -0.2) is 61.6 Å². The predicted molar refractivity (Wildman–Crippen MR) is 92.6 cm³/mol. The van der Waals surface area contributed by atoms with E-state index in [1.54, 1.807) is 12.1 Å². The van der Waals surface area contributed by atoms with Crippen molar-refractivity contribution in [3.05, 3.63) is 17.7 Å². The second kappa shape index (κ2) is 8.15. The average molecular weight is 350 g/mol. The highest BCUT2D eigenvalue weighted by atomic mass is 16.5. The van der Waals surface area contributed by atoms with Gasteiger partial charge in [-0.15, -0.1) is 0 Å². The number of hydrogen-bond donors (Lipinski definition) is 2. The molecule has 25 heavy (non-hydrogen) atoms. The van der Waals surface area contributed by atoms with Crippen LogP contribution in [0.5, 0.6) is 11.8 Å². The molecule has 3 N–H and O–H groups in total. The number of pyridine rings is 1. The van der Waals surface area contributed by atoms with Gasteiger partial charge in [0, 0.05) is 25.2 Å². The smallest absolute Gasteiger partial charge is 0.257 e. The molecule has 1 aromatic rings. The van der Waals surface area contributed by atoms with Crippen molar-refractivity contribution >= 4 is 11.8 Å². The van der Waals surface area contributed by atoms with Crippen LogP contribution in [0.15, 0.2) is 12.1 Å². The minimum atomic E-state index is -0.365. The van der Waals surface area contributed by atoms with E-state index in [9.17, 15) is 9.59 Å². The van der Waals surface area contributed by atoms with E-state index in [-0.39, 0.29) is 36.2 Å². The standard InChI is InChI=1S/C17H26N4O4/c1-10(2)12-7-21(9-14(18)22)8-13(12)19-16(23)11-5-6-15(24-3)20-17(11)25-4/h5-6,10,12-13H,7-9H2,1-4H3,(H2,18,22)(H,19,23)/t12-,13+/m1/s1. The van der Waals surface area contributed by atoms with E-state index in [1.165, 1.54) is 14.2 Å². The fourth-order valence-corrected chi connectivity index (χ4v) is 3.20. The molecule has 2 rings (SSSR count). The first kappa shape index (κ1) is 19.0. The summed E-state index contributed by atoms with van der Waals surface area (Å²) in [5.41, 5.74) is 5.64. The van der Waals surface area contributed by atoms with Crippen LogP contribution in [0.25, 0.3) is 0 Å². The van der Waals surface area contributed by atoms with Crippen molar-refractivity contribution < 1.29 is 19.1 Å². The third-order valence-corrected chi connectivity index (χ3v) is 4.47. The Morgan fingerprint density at radius 3 is 2.60 bits per heavy atom. The van der Waals surface area contributed by atoms with Gasteiger partial charge in [0.2, 0.25) is 17.7 Å². The highest BCUT2D eigenvalue weighted by molar-refractivity contribution is 5.96. The Kier molecular flexibility index (Phi) is 6.19. The van der Waals surface area contributed by atoms with Crippen molar-refractivity contribution in [2.45, 2.75) is 19.9 Å². The Hall–Kier alpha value is -2.35. The first-order valence-corrected chi connectivity index (χ1v) is 8.26. The molecule has 1 fully saturated rings. The normalized spacial score (nSPS) is 20.5. The van der Waals surface area contributed by atoms with Crippen molar-refractivity contribution in [1.82, 2.24) is 15.2 Å². The number of rotatable bonds is 7. The monoisotopic (exact) mass is 350 g/mol. The predicted octanol–water partition coefficient (Wildman–Crippen LogP) is 0.270. The Labute approximate surface area is 147 Å². The number of primary amides is 1. The van der Waals surface area contributed by atoms with Gasteiger partial charge in [0.15, 0.2) is 0 Å². The van der Waals surface area contributed by atoms with Gasteiger partial charge in [0.25, 0.3) is 5.91 Å². The lowest BCUT2D eigenvalue weighted by Gasteiger charge is -2.23. The van der Waals surface area contributed by atoms with Gasteiger partial charge in [-0.05, 0) is 17.9 Å². The van der Waals surface area contributed by atoms with Crippen LogP contribution in [-0.2, 0) is 4.79 Å². The highest BCUT2D eigenvalue weighted by Gasteiger charge is 2.36. The number of nitrogens with one attached hydrogen (secondary N) is 1. The third kappa shape index (κ3) is 4.60. The van der Waals surface area contributed by atoms with Crippen molar-refractivity contribution in [3.63, 3.8) is 0 Å². The number of nitrogens with zero attached hydrogens (tertiary/aromatic N) is 2. The summed E-state index contributed by atoms with van der Waals surface area (Å²) in [7, 11) is 2.96. The summed E-state index contributed by atoms with van der Waals surface area (Å²) < 4.78 is 10.2. The SMILES string of the molecule is COc1ccc(C(=O)N[C@H]2CN(CC(N)=O)C[C@@H]2C(C)C)c(OC)n1. The molecule has 0 unspecified atom stereocenters. The Morgan fingerprint density at radius 1 is 1.32 bits per heavy atom. The maximum Gasteiger partial charge on any atom is 0.257 e. The van der Waals surface area contributed by atoms with Gasteiger partial charge < -0.3 is 20.5 Å². The number of likely N-dealkylation sites (tertiary alicyclic amines) is 1. The van der Waals surface area contributed by atoms with Crippen LogP contribution in [0.2, 0.25) is 0 Å².